The standard InChI is InChI=1S/C18H19NO3/c1-2-22-18(21)15-10-11-19(12-17(15)20)16-9-5-7-13-6-3-4-8-14(13)16/h3-9,15H,2,10-12H2,1H3. The number of fused-ring (bicyclic) bond motifs is 1. The molecule has 0 aliphatic carbocycles. The zero-order chi connectivity index (χ0) is 15.5. The van der Waals surface area contributed by atoms with Crippen LogP contribution in [0.1, 0.15) is 13.3 Å². The highest BCUT2D eigenvalue weighted by Crippen LogP contribution is 2.29. The highest BCUT2D eigenvalue weighted by Gasteiger charge is 2.33. The number of esters is 1. The normalized spacial score (nSPS) is 18.5. The summed E-state index contributed by atoms with van der Waals surface area (Å²) in [5, 5.41) is 2.28. The van der Waals surface area contributed by atoms with E-state index in [2.05, 4.69) is 23.1 Å². The smallest absolute Gasteiger partial charge is 0.316 e. The molecule has 3 rings (SSSR count). The van der Waals surface area contributed by atoms with Gasteiger partial charge < -0.3 is 9.64 Å². The number of hydrogen-bond acceptors (Lipinski definition) is 4. The van der Waals surface area contributed by atoms with Crippen molar-refractivity contribution in [2.75, 3.05) is 24.6 Å². The topological polar surface area (TPSA) is 46.6 Å². The number of piperidine rings is 1. The van der Waals surface area contributed by atoms with E-state index in [1.807, 2.05) is 24.3 Å². The number of hydrogen-bond donors (Lipinski definition) is 0. The molecule has 1 heterocycles. The highest BCUT2D eigenvalue weighted by molar-refractivity contribution is 6.03. The Hall–Kier alpha value is -2.36. The lowest BCUT2D eigenvalue weighted by atomic mass is 9.94. The van der Waals surface area contributed by atoms with Crippen LogP contribution in [0.3, 0.4) is 0 Å². The van der Waals surface area contributed by atoms with E-state index in [0.29, 0.717) is 19.6 Å². The molecule has 1 aliphatic rings. The van der Waals surface area contributed by atoms with Crippen molar-refractivity contribution in [3.05, 3.63) is 42.5 Å². The van der Waals surface area contributed by atoms with Crippen molar-refractivity contribution < 1.29 is 14.3 Å². The second kappa shape index (κ2) is 6.18. The fourth-order valence-corrected chi connectivity index (χ4v) is 3.01. The summed E-state index contributed by atoms with van der Waals surface area (Å²) in [4.78, 5) is 26.1. The number of rotatable bonds is 3. The Kier molecular flexibility index (Phi) is 4.09. The number of benzene rings is 2. The van der Waals surface area contributed by atoms with E-state index in [9.17, 15) is 9.59 Å². The Morgan fingerprint density at radius 2 is 2.00 bits per heavy atom. The SMILES string of the molecule is CCOC(=O)C1CCN(c2cccc3ccccc23)CC1=O. The van der Waals surface area contributed by atoms with Gasteiger partial charge in [-0.25, -0.2) is 0 Å². The fraction of sp³-hybridized carbons (Fsp3) is 0.333. The van der Waals surface area contributed by atoms with E-state index in [1.54, 1.807) is 6.92 Å². The predicted octanol–water partition coefficient (Wildman–Crippen LogP) is 2.80. The molecule has 4 nitrogen and oxygen atoms in total. The summed E-state index contributed by atoms with van der Waals surface area (Å²) in [6, 6.07) is 14.2. The Labute approximate surface area is 129 Å². The van der Waals surface area contributed by atoms with Gasteiger partial charge in [-0.05, 0) is 24.8 Å². The van der Waals surface area contributed by atoms with E-state index in [4.69, 9.17) is 4.74 Å². The predicted molar refractivity (Wildman–Crippen MR) is 85.9 cm³/mol. The van der Waals surface area contributed by atoms with Crippen LogP contribution in [-0.4, -0.2) is 31.4 Å². The zero-order valence-electron chi connectivity index (χ0n) is 12.6. The third-order valence-corrected chi connectivity index (χ3v) is 4.10. The highest BCUT2D eigenvalue weighted by atomic mass is 16.5. The first-order valence-electron chi connectivity index (χ1n) is 7.62. The summed E-state index contributed by atoms with van der Waals surface area (Å²) in [5.41, 5.74) is 1.05. The number of carbonyl (C=O) groups is 2. The Morgan fingerprint density at radius 3 is 2.77 bits per heavy atom. The first-order valence-corrected chi connectivity index (χ1v) is 7.62. The summed E-state index contributed by atoms with van der Waals surface area (Å²) in [6.45, 7) is 3.02. The maximum atomic E-state index is 12.3. The third kappa shape index (κ3) is 2.69. The average Bonchev–Trinajstić information content (AvgIpc) is 2.54. The second-order valence-corrected chi connectivity index (χ2v) is 5.48. The quantitative estimate of drug-likeness (QED) is 0.645. The van der Waals surface area contributed by atoms with Gasteiger partial charge >= 0.3 is 5.97 Å². The summed E-state index contributed by atoms with van der Waals surface area (Å²) >= 11 is 0. The van der Waals surface area contributed by atoms with Gasteiger partial charge in [0.1, 0.15) is 5.92 Å². The molecule has 1 aliphatic heterocycles. The molecular formula is C18H19NO3. The van der Waals surface area contributed by atoms with Crippen molar-refractivity contribution >= 4 is 28.2 Å². The van der Waals surface area contributed by atoms with Crippen LogP contribution in [0.25, 0.3) is 10.8 Å². The van der Waals surface area contributed by atoms with E-state index >= 15 is 0 Å². The molecule has 1 fully saturated rings. The van der Waals surface area contributed by atoms with Crippen LogP contribution in [0.4, 0.5) is 5.69 Å². The van der Waals surface area contributed by atoms with Crippen LogP contribution < -0.4 is 4.90 Å². The lowest BCUT2D eigenvalue weighted by Crippen LogP contribution is -2.44. The first kappa shape index (κ1) is 14.6. The van der Waals surface area contributed by atoms with Crippen LogP contribution in [0.5, 0.6) is 0 Å². The summed E-state index contributed by atoms with van der Waals surface area (Å²) in [6.07, 6.45) is 0.515. The van der Waals surface area contributed by atoms with Gasteiger partial charge in [-0.1, -0.05) is 36.4 Å². The minimum Gasteiger partial charge on any atom is -0.465 e. The van der Waals surface area contributed by atoms with Gasteiger partial charge in [0.05, 0.1) is 13.2 Å². The van der Waals surface area contributed by atoms with Crippen LogP contribution in [0, 0.1) is 5.92 Å². The number of carbonyl (C=O) groups excluding carboxylic acids is 2. The van der Waals surface area contributed by atoms with E-state index in [-0.39, 0.29) is 18.3 Å². The van der Waals surface area contributed by atoms with Gasteiger partial charge in [0, 0.05) is 17.6 Å². The van der Waals surface area contributed by atoms with Gasteiger partial charge in [-0.2, -0.15) is 0 Å². The molecule has 0 amide bonds. The molecule has 22 heavy (non-hydrogen) atoms. The summed E-state index contributed by atoms with van der Waals surface area (Å²) in [5.74, 6) is -1.05. The van der Waals surface area contributed by atoms with Crippen molar-refractivity contribution in [2.45, 2.75) is 13.3 Å². The molecule has 114 valence electrons. The molecule has 0 spiro atoms. The lowest BCUT2D eigenvalue weighted by Gasteiger charge is -2.32. The van der Waals surface area contributed by atoms with E-state index in [1.165, 1.54) is 0 Å². The number of ether oxygens (including phenoxy) is 1. The minimum atomic E-state index is -0.605. The molecular weight excluding hydrogens is 278 g/mol. The maximum absolute atomic E-state index is 12.3. The first-order chi connectivity index (χ1) is 10.7. The summed E-state index contributed by atoms with van der Waals surface area (Å²) < 4.78 is 4.98. The largest absolute Gasteiger partial charge is 0.465 e. The van der Waals surface area contributed by atoms with Crippen molar-refractivity contribution in [1.29, 1.82) is 0 Å². The average molecular weight is 297 g/mol. The van der Waals surface area contributed by atoms with Gasteiger partial charge in [0.2, 0.25) is 0 Å². The van der Waals surface area contributed by atoms with Gasteiger partial charge in [0.15, 0.2) is 5.78 Å². The van der Waals surface area contributed by atoms with Crippen molar-refractivity contribution in [3.63, 3.8) is 0 Å². The minimum absolute atomic E-state index is 0.0577. The van der Waals surface area contributed by atoms with Crippen LogP contribution in [0.15, 0.2) is 42.5 Å². The number of anilines is 1. The zero-order valence-corrected chi connectivity index (χ0v) is 12.6. The second-order valence-electron chi connectivity index (χ2n) is 5.48. The third-order valence-electron chi connectivity index (χ3n) is 4.10. The molecule has 0 aromatic heterocycles. The molecule has 0 bridgehead atoms. The van der Waals surface area contributed by atoms with Crippen LogP contribution in [0.2, 0.25) is 0 Å². The van der Waals surface area contributed by atoms with E-state index in [0.717, 1.165) is 16.5 Å². The van der Waals surface area contributed by atoms with Crippen molar-refractivity contribution in [2.24, 2.45) is 5.92 Å². The van der Waals surface area contributed by atoms with Gasteiger partial charge in [-0.3, -0.25) is 9.59 Å². The Balaban J connectivity index is 1.83. The molecule has 0 saturated carbocycles. The Morgan fingerprint density at radius 1 is 1.23 bits per heavy atom. The number of nitrogens with zero attached hydrogens (tertiary/aromatic N) is 1. The lowest BCUT2D eigenvalue weighted by molar-refractivity contribution is -0.152. The van der Waals surface area contributed by atoms with Crippen molar-refractivity contribution in [1.82, 2.24) is 0 Å². The van der Waals surface area contributed by atoms with Crippen LogP contribution >= 0.6 is 0 Å². The van der Waals surface area contributed by atoms with Gasteiger partial charge in [-0.15, -0.1) is 0 Å². The summed E-state index contributed by atoms with van der Waals surface area (Å²) in [7, 11) is 0. The van der Waals surface area contributed by atoms with E-state index < -0.39 is 5.92 Å². The molecule has 1 saturated heterocycles. The molecule has 2 aromatic carbocycles. The monoisotopic (exact) mass is 297 g/mol. The van der Waals surface area contributed by atoms with Crippen molar-refractivity contribution in [3.8, 4) is 0 Å². The molecule has 1 unspecified atom stereocenters. The molecule has 4 heteroatoms. The Bertz CT molecular complexity index is 705. The number of ketones is 1. The molecule has 0 N–H and O–H groups in total. The van der Waals surface area contributed by atoms with Gasteiger partial charge in [0.25, 0.3) is 0 Å². The van der Waals surface area contributed by atoms with Crippen LogP contribution in [-0.2, 0) is 14.3 Å². The molecule has 1 atom stereocenters. The molecule has 2 aromatic rings. The maximum Gasteiger partial charge on any atom is 0.316 e. The number of Topliss-reactive ketones (excluding diaryl/α,β-unsaturated/α-hetero) is 1. The fourth-order valence-electron chi connectivity index (χ4n) is 3.01. The molecule has 0 radical (unpaired) electrons.